The van der Waals surface area contributed by atoms with Crippen LogP contribution in [0.5, 0.6) is 0 Å². The van der Waals surface area contributed by atoms with E-state index in [-0.39, 0.29) is 23.7 Å². The molecule has 1 saturated heterocycles. The van der Waals surface area contributed by atoms with Crippen molar-refractivity contribution in [3.05, 3.63) is 23.3 Å². The van der Waals surface area contributed by atoms with Crippen molar-refractivity contribution in [1.29, 1.82) is 0 Å². The van der Waals surface area contributed by atoms with Gasteiger partial charge in [0.15, 0.2) is 0 Å². The Kier molecular flexibility index (Phi) is 4.06. The third-order valence-electron chi connectivity index (χ3n) is 3.59. The fourth-order valence-electron chi connectivity index (χ4n) is 2.09. The maximum Gasteiger partial charge on any atom is 0.242 e. The third kappa shape index (κ3) is 3.12. The molecule has 1 aromatic rings. The van der Waals surface area contributed by atoms with Crippen LogP contribution in [0.15, 0.2) is 17.0 Å². The van der Waals surface area contributed by atoms with Crippen LogP contribution in [0.1, 0.15) is 17.5 Å². The van der Waals surface area contributed by atoms with Gasteiger partial charge in [0.25, 0.3) is 0 Å². The van der Waals surface area contributed by atoms with Gasteiger partial charge in [-0.05, 0) is 37.1 Å². The molecule has 1 aliphatic heterocycles. The monoisotopic (exact) mass is 300 g/mol. The van der Waals surface area contributed by atoms with E-state index in [9.17, 15) is 13.5 Å². The second-order valence-corrected chi connectivity index (χ2v) is 7.06. The Morgan fingerprint density at radius 3 is 2.65 bits per heavy atom. The van der Waals surface area contributed by atoms with Gasteiger partial charge in [0.05, 0.1) is 12.3 Å². The maximum atomic E-state index is 12.3. The number of nitrogens with one attached hydrogen (secondary N) is 1. The first-order chi connectivity index (χ1) is 9.23. The Bertz CT molecular complexity index is 607. The molecule has 0 aliphatic carbocycles. The summed E-state index contributed by atoms with van der Waals surface area (Å²) < 4.78 is 32.0. The highest BCUT2D eigenvalue weighted by atomic mass is 32.2. The highest BCUT2D eigenvalue weighted by Gasteiger charge is 2.34. The van der Waals surface area contributed by atoms with Gasteiger partial charge in [-0.3, -0.25) is 0 Å². The fourth-order valence-corrected chi connectivity index (χ4v) is 3.40. The summed E-state index contributed by atoms with van der Waals surface area (Å²) in [6.45, 7) is 4.18. The second-order valence-electron chi connectivity index (χ2n) is 5.33. The van der Waals surface area contributed by atoms with Gasteiger partial charge in [-0.25, -0.2) is 13.1 Å². The lowest BCUT2D eigenvalue weighted by Gasteiger charge is -2.21. The van der Waals surface area contributed by atoms with Crippen LogP contribution in [-0.2, 0) is 14.8 Å². The Hall–Kier alpha value is -1.15. The summed E-state index contributed by atoms with van der Waals surface area (Å²) in [7, 11) is -3.75. The molecule has 20 heavy (non-hydrogen) atoms. The van der Waals surface area contributed by atoms with E-state index in [0.29, 0.717) is 13.0 Å². The zero-order valence-corrected chi connectivity index (χ0v) is 12.5. The number of anilines is 1. The molecule has 1 unspecified atom stereocenters. The van der Waals surface area contributed by atoms with Gasteiger partial charge < -0.3 is 15.6 Å². The first-order valence-corrected chi connectivity index (χ1v) is 7.88. The standard InChI is InChI=1S/C13H20N2O4S/c1-9-5-11(14)12(6-10(9)2)20(17,18)15-7-13(16)3-4-19-8-13/h5-6,15-16H,3-4,7-8,14H2,1-2H3. The van der Waals surface area contributed by atoms with Gasteiger partial charge >= 0.3 is 0 Å². The molecule has 0 aromatic heterocycles. The first-order valence-electron chi connectivity index (χ1n) is 6.40. The van der Waals surface area contributed by atoms with Gasteiger partial charge in [-0.2, -0.15) is 0 Å². The minimum absolute atomic E-state index is 0.0446. The average Bonchev–Trinajstić information content (AvgIpc) is 2.79. The third-order valence-corrected chi connectivity index (χ3v) is 5.05. The van der Waals surface area contributed by atoms with Crippen LogP contribution in [0.4, 0.5) is 5.69 Å². The van der Waals surface area contributed by atoms with E-state index in [0.717, 1.165) is 11.1 Å². The van der Waals surface area contributed by atoms with Gasteiger partial charge in [0.1, 0.15) is 10.5 Å². The van der Waals surface area contributed by atoms with E-state index >= 15 is 0 Å². The van der Waals surface area contributed by atoms with Gasteiger partial charge in [0.2, 0.25) is 10.0 Å². The van der Waals surface area contributed by atoms with E-state index in [1.807, 2.05) is 13.8 Å². The molecule has 112 valence electrons. The lowest BCUT2D eigenvalue weighted by Crippen LogP contribution is -2.43. The number of nitrogen functional groups attached to an aromatic ring is 1. The minimum atomic E-state index is -3.75. The predicted octanol–water partition coefficient (Wildman–Crippen LogP) is 0.315. The van der Waals surface area contributed by atoms with Crippen molar-refractivity contribution < 1.29 is 18.3 Å². The van der Waals surface area contributed by atoms with Crippen molar-refractivity contribution in [2.45, 2.75) is 30.8 Å². The molecule has 0 radical (unpaired) electrons. The number of rotatable bonds is 4. The van der Waals surface area contributed by atoms with E-state index < -0.39 is 15.6 Å². The van der Waals surface area contributed by atoms with E-state index in [1.54, 1.807) is 12.1 Å². The van der Waals surface area contributed by atoms with Gasteiger partial charge in [-0.15, -0.1) is 0 Å². The number of sulfonamides is 1. The van der Waals surface area contributed by atoms with Crippen molar-refractivity contribution in [3.63, 3.8) is 0 Å². The second kappa shape index (κ2) is 5.33. The molecule has 6 nitrogen and oxygen atoms in total. The molecule has 0 bridgehead atoms. The topological polar surface area (TPSA) is 102 Å². The Morgan fingerprint density at radius 2 is 2.05 bits per heavy atom. The van der Waals surface area contributed by atoms with E-state index in [1.165, 1.54) is 0 Å². The SMILES string of the molecule is Cc1cc(N)c(S(=O)(=O)NCC2(O)CCOC2)cc1C. The van der Waals surface area contributed by atoms with Gasteiger partial charge in [0, 0.05) is 19.6 Å². The summed E-state index contributed by atoms with van der Waals surface area (Å²) in [5.74, 6) is 0. The van der Waals surface area contributed by atoms with Crippen molar-refractivity contribution in [1.82, 2.24) is 4.72 Å². The molecule has 1 aliphatic rings. The zero-order chi connectivity index (χ0) is 15.0. The van der Waals surface area contributed by atoms with E-state index in [2.05, 4.69) is 4.72 Å². The molecule has 2 rings (SSSR count). The average molecular weight is 300 g/mol. The molecule has 0 spiro atoms. The Labute approximate surface area is 119 Å². The summed E-state index contributed by atoms with van der Waals surface area (Å²) in [4.78, 5) is 0.0446. The molecular weight excluding hydrogens is 280 g/mol. The number of nitrogens with two attached hydrogens (primary N) is 1. The minimum Gasteiger partial charge on any atom is -0.398 e. The number of hydrogen-bond donors (Lipinski definition) is 3. The number of aryl methyl sites for hydroxylation is 2. The van der Waals surface area contributed by atoms with Crippen LogP contribution in [0.3, 0.4) is 0 Å². The maximum absolute atomic E-state index is 12.3. The van der Waals surface area contributed by atoms with Crippen molar-refractivity contribution in [2.75, 3.05) is 25.5 Å². The summed E-state index contributed by atoms with van der Waals surface area (Å²) in [5.41, 5.74) is 6.64. The largest absolute Gasteiger partial charge is 0.398 e. The molecule has 7 heteroatoms. The number of benzene rings is 1. The summed E-state index contributed by atoms with van der Waals surface area (Å²) in [5, 5.41) is 10.1. The van der Waals surface area contributed by atoms with Crippen LogP contribution in [0, 0.1) is 13.8 Å². The molecule has 1 fully saturated rings. The molecular formula is C13H20N2O4S. The van der Waals surface area contributed by atoms with Crippen molar-refractivity contribution >= 4 is 15.7 Å². The Morgan fingerprint density at radius 1 is 1.40 bits per heavy atom. The lowest BCUT2D eigenvalue weighted by molar-refractivity contribution is 0.0314. The molecule has 1 heterocycles. The van der Waals surface area contributed by atoms with Crippen molar-refractivity contribution in [3.8, 4) is 0 Å². The summed E-state index contributed by atoms with van der Waals surface area (Å²) >= 11 is 0. The highest BCUT2D eigenvalue weighted by Crippen LogP contribution is 2.24. The fraction of sp³-hybridized carbons (Fsp3) is 0.538. The van der Waals surface area contributed by atoms with Crippen molar-refractivity contribution in [2.24, 2.45) is 0 Å². The first kappa shape index (κ1) is 15.2. The lowest BCUT2D eigenvalue weighted by atomic mass is 10.1. The number of aliphatic hydroxyl groups is 1. The normalized spacial score (nSPS) is 23.1. The van der Waals surface area contributed by atoms with Crippen LogP contribution < -0.4 is 10.5 Å². The Balaban J connectivity index is 2.20. The summed E-state index contributed by atoms with van der Waals surface area (Å²) in [6, 6.07) is 3.18. The van der Waals surface area contributed by atoms with Crippen LogP contribution in [0.25, 0.3) is 0 Å². The summed E-state index contributed by atoms with van der Waals surface area (Å²) in [6.07, 6.45) is 0.415. The highest BCUT2D eigenvalue weighted by molar-refractivity contribution is 7.89. The van der Waals surface area contributed by atoms with E-state index in [4.69, 9.17) is 10.5 Å². The molecule has 0 amide bonds. The smallest absolute Gasteiger partial charge is 0.242 e. The quantitative estimate of drug-likeness (QED) is 0.695. The molecule has 1 aromatic carbocycles. The molecule has 1 atom stereocenters. The van der Waals surface area contributed by atoms with Gasteiger partial charge in [-0.1, -0.05) is 0 Å². The van der Waals surface area contributed by atoms with Crippen LogP contribution >= 0.6 is 0 Å². The molecule has 0 saturated carbocycles. The number of ether oxygens (including phenoxy) is 1. The predicted molar refractivity (Wildman–Crippen MR) is 75.9 cm³/mol. The van der Waals surface area contributed by atoms with Crippen LogP contribution in [-0.4, -0.2) is 38.9 Å². The zero-order valence-electron chi connectivity index (χ0n) is 11.6. The number of hydrogen-bond acceptors (Lipinski definition) is 5. The van der Waals surface area contributed by atoms with Crippen LogP contribution in [0.2, 0.25) is 0 Å². The molecule has 4 N–H and O–H groups in total.